The second-order valence-electron chi connectivity index (χ2n) is 4.09. The van der Waals surface area contributed by atoms with Gasteiger partial charge in [-0.15, -0.1) is 11.3 Å². The average Bonchev–Trinajstić information content (AvgIpc) is 2.82. The molecule has 0 aliphatic carbocycles. The summed E-state index contributed by atoms with van der Waals surface area (Å²) in [5.41, 5.74) is 7.46. The fourth-order valence-electron chi connectivity index (χ4n) is 1.78. The van der Waals surface area contributed by atoms with Gasteiger partial charge in [0.05, 0.1) is 5.01 Å². The molecule has 0 radical (unpaired) electrons. The summed E-state index contributed by atoms with van der Waals surface area (Å²) in [6.45, 7) is 2.17. The molecule has 0 bridgehead atoms. The van der Waals surface area contributed by atoms with Crippen molar-refractivity contribution in [3.05, 3.63) is 52.0 Å². The Morgan fingerprint density at radius 2 is 2.35 bits per heavy atom. The lowest BCUT2D eigenvalue weighted by Gasteiger charge is -2.09. The number of hydrogen-bond acceptors (Lipinski definition) is 3. The van der Waals surface area contributed by atoms with Crippen molar-refractivity contribution in [3.63, 3.8) is 0 Å². The van der Waals surface area contributed by atoms with Crippen LogP contribution in [0.15, 0.2) is 35.8 Å². The van der Waals surface area contributed by atoms with E-state index in [0.717, 1.165) is 17.0 Å². The first kappa shape index (κ1) is 11.8. The number of nitrogens with one attached hydrogen (secondary N) is 1. The van der Waals surface area contributed by atoms with E-state index in [1.165, 1.54) is 5.56 Å². The molecule has 0 spiro atoms. The smallest absolute Gasteiger partial charge is 0.122 e. The lowest BCUT2D eigenvalue weighted by atomic mass is 10.00. The van der Waals surface area contributed by atoms with Crippen LogP contribution in [0, 0.1) is 5.41 Å². The minimum atomic E-state index is 0.119. The van der Waals surface area contributed by atoms with Gasteiger partial charge in [0.25, 0.3) is 0 Å². The van der Waals surface area contributed by atoms with E-state index in [2.05, 4.69) is 18.0 Å². The van der Waals surface area contributed by atoms with E-state index in [1.807, 2.05) is 29.8 Å². The molecular formula is C13H15N3S. The number of benzene rings is 1. The van der Waals surface area contributed by atoms with Gasteiger partial charge in [-0.25, -0.2) is 4.98 Å². The van der Waals surface area contributed by atoms with Crippen molar-refractivity contribution in [2.45, 2.75) is 19.3 Å². The van der Waals surface area contributed by atoms with Gasteiger partial charge in [0.2, 0.25) is 0 Å². The fourth-order valence-corrected chi connectivity index (χ4v) is 2.48. The third-order valence-corrected chi connectivity index (χ3v) is 3.66. The molecule has 1 aromatic heterocycles. The van der Waals surface area contributed by atoms with E-state index >= 15 is 0 Å². The van der Waals surface area contributed by atoms with Crippen molar-refractivity contribution < 1.29 is 0 Å². The van der Waals surface area contributed by atoms with Crippen molar-refractivity contribution in [1.82, 2.24) is 4.98 Å². The predicted octanol–water partition coefficient (Wildman–Crippen LogP) is 2.77. The lowest BCUT2D eigenvalue weighted by molar-refractivity contribution is 0.751. The van der Waals surface area contributed by atoms with Crippen LogP contribution in [0.25, 0.3) is 0 Å². The molecule has 3 nitrogen and oxygen atoms in total. The van der Waals surface area contributed by atoms with E-state index in [0.29, 0.717) is 5.92 Å². The first-order valence-corrected chi connectivity index (χ1v) is 6.37. The molecule has 0 aliphatic heterocycles. The number of nitrogen functional groups attached to an aromatic ring is 1. The Hall–Kier alpha value is -1.68. The summed E-state index contributed by atoms with van der Waals surface area (Å²) in [5, 5.41) is 10.6. The molecule has 4 heteroatoms. The molecule has 0 amide bonds. The van der Waals surface area contributed by atoms with E-state index in [9.17, 15) is 0 Å². The van der Waals surface area contributed by atoms with Gasteiger partial charge < -0.3 is 5.73 Å². The number of nitrogens with zero attached hydrogens (tertiary/aromatic N) is 1. The van der Waals surface area contributed by atoms with Gasteiger partial charge in [0, 0.05) is 23.1 Å². The third-order valence-electron chi connectivity index (χ3n) is 2.65. The Morgan fingerprint density at radius 1 is 1.53 bits per heavy atom. The highest BCUT2D eigenvalue weighted by molar-refractivity contribution is 7.09. The zero-order valence-electron chi connectivity index (χ0n) is 9.68. The standard InChI is InChI=1S/C13H15N3S/c1-9(13-16-5-6-17-13)7-10-3-2-4-11(8-10)12(14)15/h2-6,8-9H,7H2,1H3,(H3,14,15). The molecule has 2 rings (SSSR count). The average molecular weight is 245 g/mol. The molecule has 17 heavy (non-hydrogen) atoms. The Bertz CT molecular complexity index is 505. The summed E-state index contributed by atoms with van der Waals surface area (Å²) in [6, 6.07) is 7.85. The molecular weight excluding hydrogens is 230 g/mol. The highest BCUT2D eigenvalue weighted by Gasteiger charge is 2.09. The van der Waals surface area contributed by atoms with Crippen molar-refractivity contribution >= 4 is 17.2 Å². The van der Waals surface area contributed by atoms with Gasteiger partial charge >= 0.3 is 0 Å². The van der Waals surface area contributed by atoms with Crippen LogP contribution in [0.3, 0.4) is 0 Å². The summed E-state index contributed by atoms with van der Waals surface area (Å²) in [4.78, 5) is 4.32. The molecule has 1 unspecified atom stereocenters. The van der Waals surface area contributed by atoms with Crippen LogP contribution in [0.1, 0.15) is 29.0 Å². The second kappa shape index (κ2) is 5.10. The monoisotopic (exact) mass is 245 g/mol. The van der Waals surface area contributed by atoms with Gasteiger partial charge in [-0.3, -0.25) is 5.41 Å². The van der Waals surface area contributed by atoms with Gasteiger partial charge in [0.15, 0.2) is 0 Å². The van der Waals surface area contributed by atoms with E-state index in [-0.39, 0.29) is 5.84 Å². The lowest BCUT2D eigenvalue weighted by Crippen LogP contribution is -2.11. The van der Waals surface area contributed by atoms with Gasteiger partial charge in [-0.05, 0) is 18.1 Å². The first-order valence-electron chi connectivity index (χ1n) is 5.49. The molecule has 1 aromatic carbocycles. The van der Waals surface area contributed by atoms with Crippen molar-refractivity contribution in [1.29, 1.82) is 5.41 Å². The molecule has 0 saturated carbocycles. The van der Waals surface area contributed by atoms with Crippen LogP contribution in [0.5, 0.6) is 0 Å². The Balaban J connectivity index is 2.13. The minimum absolute atomic E-state index is 0.119. The first-order chi connectivity index (χ1) is 8.16. The number of amidine groups is 1. The largest absolute Gasteiger partial charge is 0.384 e. The van der Waals surface area contributed by atoms with Crippen LogP contribution in [-0.2, 0) is 6.42 Å². The zero-order chi connectivity index (χ0) is 12.3. The number of aromatic nitrogens is 1. The second-order valence-corrected chi connectivity index (χ2v) is 5.02. The quantitative estimate of drug-likeness (QED) is 0.642. The van der Waals surface area contributed by atoms with Gasteiger partial charge in [-0.2, -0.15) is 0 Å². The predicted molar refractivity (Wildman–Crippen MR) is 71.7 cm³/mol. The number of rotatable bonds is 4. The highest BCUT2D eigenvalue weighted by Crippen LogP contribution is 2.22. The molecule has 3 N–H and O–H groups in total. The Morgan fingerprint density at radius 3 is 3.00 bits per heavy atom. The number of hydrogen-bond donors (Lipinski definition) is 2. The Kier molecular flexibility index (Phi) is 3.54. The maximum Gasteiger partial charge on any atom is 0.122 e. The zero-order valence-corrected chi connectivity index (χ0v) is 10.5. The normalized spacial score (nSPS) is 12.3. The summed E-state index contributed by atoms with van der Waals surface area (Å²) < 4.78 is 0. The van der Waals surface area contributed by atoms with Crippen LogP contribution in [0.4, 0.5) is 0 Å². The van der Waals surface area contributed by atoms with Crippen LogP contribution >= 0.6 is 11.3 Å². The highest BCUT2D eigenvalue weighted by atomic mass is 32.1. The maximum absolute atomic E-state index is 7.42. The number of nitrogens with two attached hydrogens (primary N) is 1. The van der Waals surface area contributed by atoms with E-state index in [1.54, 1.807) is 11.3 Å². The van der Waals surface area contributed by atoms with Crippen molar-refractivity contribution in [2.24, 2.45) is 5.73 Å². The number of thiazole rings is 1. The van der Waals surface area contributed by atoms with Crippen LogP contribution in [-0.4, -0.2) is 10.8 Å². The molecule has 88 valence electrons. The maximum atomic E-state index is 7.42. The van der Waals surface area contributed by atoms with Gasteiger partial charge in [-0.1, -0.05) is 25.1 Å². The van der Waals surface area contributed by atoms with Crippen molar-refractivity contribution in [2.75, 3.05) is 0 Å². The SMILES string of the molecule is CC(Cc1cccc(C(=N)N)c1)c1nccs1. The molecule has 0 saturated heterocycles. The summed E-state index contributed by atoms with van der Waals surface area (Å²) in [5.74, 6) is 0.519. The molecule has 0 fully saturated rings. The van der Waals surface area contributed by atoms with Gasteiger partial charge in [0.1, 0.15) is 5.84 Å². The summed E-state index contributed by atoms with van der Waals surface area (Å²) in [6.07, 6.45) is 2.76. The molecule has 1 heterocycles. The van der Waals surface area contributed by atoms with E-state index in [4.69, 9.17) is 11.1 Å². The van der Waals surface area contributed by atoms with Crippen LogP contribution in [0.2, 0.25) is 0 Å². The Labute approximate surface area is 105 Å². The van der Waals surface area contributed by atoms with Crippen molar-refractivity contribution in [3.8, 4) is 0 Å². The topological polar surface area (TPSA) is 62.8 Å². The summed E-state index contributed by atoms with van der Waals surface area (Å²) >= 11 is 1.68. The van der Waals surface area contributed by atoms with Crippen LogP contribution < -0.4 is 5.73 Å². The molecule has 2 aromatic rings. The fraction of sp³-hybridized carbons (Fsp3) is 0.231. The molecule has 1 atom stereocenters. The molecule has 0 aliphatic rings. The van der Waals surface area contributed by atoms with E-state index < -0.39 is 0 Å². The summed E-state index contributed by atoms with van der Waals surface area (Å²) in [7, 11) is 0. The third kappa shape index (κ3) is 2.91. The minimum Gasteiger partial charge on any atom is -0.384 e.